The molecule has 8 heteroatoms. The standard InChI is InChI=1S/C26H37N3O4S/c1-6-23(25(31)27-26(2,3)4)29(20-21-14-9-7-10-15-21)24(30)18-13-19-28(5)34(32,33)22-16-11-8-12-17-22/h7-12,14-17,23H,6,13,18-20H2,1-5H3,(H,27,31)/t23-/m0/s1. The fraction of sp³-hybridized carbons (Fsp3) is 0.462. The van der Waals surface area contributed by atoms with Gasteiger partial charge in [0.1, 0.15) is 6.04 Å². The predicted molar refractivity (Wildman–Crippen MR) is 134 cm³/mol. The van der Waals surface area contributed by atoms with Gasteiger partial charge < -0.3 is 10.2 Å². The van der Waals surface area contributed by atoms with Gasteiger partial charge in [0.25, 0.3) is 0 Å². The molecule has 0 aliphatic heterocycles. The molecule has 0 aromatic heterocycles. The van der Waals surface area contributed by atoms with Gasteiger partial charge >= 0.3 is 0 Å². The van der Waals surface area contributed by atoms with Gasteiger partial charge in [-0.1, -0.05) is 55.5 Å². The van der Waals surface area contributed by atoms with E-state index >= 15 is 0 Å². The molecule has 2 aromatic rings. The largest absolute Gasteiger partial charge is 0.350 e. The molecule has 0 fully saturated rings. The molecule has 0 aliphatic rings. The number of carbonyl (C=O) groups is 2. The minimum absolute atomic E-state index is 0.140. The molecule has 1 atom stereocenters. The SMILES string of the molecule is CC[C@@H](C(=O)NC(C)(C)C)N(Cc1ccccc1)C(=O)CCCN(C)S(=O)(=O)c1ccccc1. The first kappa shape index (κ1) is 27.5. The van der Waals surface area contributed by atoms with Crippen LogP contribution in [0.2, 0.25) is 0 Å². The smallest absolute Gasteiger partial charge is 0.243 e. The highest BCUT2D eigenvalue weighted by Gasteiger charge is 2.30. The van der Waals surface area contributed by atoms with Crippen molar-refractivity contribution in [1.82, 2.24) is 14.5 Å². The average molecular weight is 488 g/mol. The van der Waals surface area contributed by atoms with Gasteiger partial charge in [0.2, 0.25) is 21.8 Å². The van der Waals surface area contributed by atoms with E-state index in [4.69, 9.17) is 0 Å². The minimum Gasteiger partial charge on any atom is -0.350 e. The second kappa shape index (κ2) is 12.1. The molecule has 0 bridgehead atoms. The summed E-state index contributed by atoms with van der Waals surface area (Å²) < 4.78 is 26.7. The fourth-order valence-electron chi connectivity index (χ4n) is 3.64. The van der Waals surface area contributed by atoms with Gasteiger partial charge in [0, 0.05) is 32.1 Å². The Kier molecular flexibility index (Phi) is 9.82. The highest BCUT2D eigenvalue weighted by molar-refractivity contribution is 7.89. The molecule has 0 heterocycles. The van der Waals surface area contributed by atoms with E-state index in [1.165, 1.54) is 11.4 Å². The van der Waals surface area contributed by atoms with Gasteiger partial charge in [-0.05, 0) is 51.3 Å². The third-order valence-electron chi connectivity index (χ3n) is 5.39. The van der Waals surface area contributed by atoms with E-state index in [0.717, 1.165) is 5.56 Å². The summed E-state index contributed by atoms with van der Waals surface area (Å²) in [5, 5.41) is 2.98. The number of nitrogens with one attached hydrogen (secondary N) is 1. The summed E-state index contributed by atoms with van der Waals surface area (Å²) in [6, 6.07) is 17.2. The molecule has 0 saturated carbocycles. The van der Waals surface area contributed by atoms with Crippen LogP contribution in [0.1, 0.15) is 52.5 Å². The number of carbonyl (C=O) groups excluding carboxylic acids is 2. The molecule has 2 aromatic carbocycles. The second-order valence-electron chi connectivity index (χ2n) is 9.41. The van der Waals surface area contributed by atoms with E-state index in [1.54, 1.807) is 35.2 Å². The molecular weight excluding hydrogens is 450 g/mol. The van der Waals surface area contributed by atoms with E-state index < -0.39 is 21.6 Å². The van der Waals surface area contributed by atoms with Crippen molar-refractivity contribution in [2.45, 2.75) is 70.0 Å². The summed E-state index contributed by atoms with van der Waals surface area (Å²) in [7, 11) is -2.10. The average Bonchev–Trinajstić information content (AvgIpc) is 2.78. The van der Waals surface area contributed by atoms with Crippen molar-refractivity contribution in [2.75, 3.05) is 13.6 Å². The first-order chi connectivity index (χ1) is 16.0. The minimum atomic E-state index is -3.62. The number of nitrogens with zero attached hydrogens (tertiary/aromatic N) is 2. The number of hydrogen-bond acceptors (Lipinski definition) is 4. The Morgan fingerprint density at radius 3 is 2.06 bits per heavy atom. The Hall–Kier alpha value is -2.71. The van der Waals surface area contributed by atoms with Crippen LogP contribution in [0.4, 0.5) is 0 Å². The van der Waals surface area contributed by atoms with Crippen LogP contribution in [0.15, 0.2) is 65.6 Å². The summed E-state index contributed by atoms with van der Waals surface area (Å²) in [6.07, 6.45) is 0.966. The summed E-state index contributed by atoms with van der Waals surface area (Å²) in [5.41, 5.74) is 0.516. The summed E-state index contributed by atoms with van der Waals surface area (Å²) in [5.74, 6) is -0.367. The highest BCUT2D eigenvalue weighted by atomic mass is 32.2. The molecule has 0 saturated heterocycles. The van der Waals surface area contributed by atoms with E-state index in [-0.39, 0.29) is 29.7 Å². The summed E-state index contributed by atoms with van der Waals surface area (Å²) >= 11 is 0. The van der Waals surface area contributed by atoms with Crippen LogP contribution in [-0.4, -0.2) is 54.6 Å². The first-order valence-electron chi connectivity index (χ1n) is 11.6. The molecule has 34 heavy (non-hydrogen) atoms. The zero-order chi connectivity index (χ0) is 25.4. The van der Waals surface area contributed by atoms with Crippen LogP contribution < -0.4 is 5.32 Å². The van der Waals surface area contributed by atoms with E-state index in [2.05, 4.69) is 5.32 Å². The maximum Gasteiger partial charge on any atom is 0.243 e. The van der Waals surface area contributed by atoms with Gasteiger partial charge in [0.15, 0.2) is 0 Å². The normalized spacial score (nSPS) is 12.9. The van der Waals surface area contributed by atoms with Crippen LogP contribution in [0.25, 0.3) is 0 Å². The van der Waals surface area contributed by atoms with E-state index in [1.807, 2.05) is 58.0 Å². The van der Waals surface area contributed by atoms with Crippen molar-refractivity contribution >= 4 is 21.8 Å². The second-order valence-corrected chi connectivity index (χ2v) is 11.5. The van der Waals surface area contributed by atoms with Crippen LogP contribution in [0.3, 0.4) is 0 Å². The lowest BCUT2D eigenvalue weighted by Gasteiger charge is -2.33. The van der Waals surface area contributed by atoms with E-state index in [9.17, 15) is 18.0 Å². The third-order valence-corrected chi connectivity index (χ3v) is 7.27. The lowest BCUT2D eigenvalue weighted by atomic mass is 10.0. The number of rotatable bonds is 11. The number of benzene rings is 2. The van der Waals surface area contributed by atoms with Crippen molar-refractivity contribution in [3.05, 3.63) is 66.2 Å². The lowest BCUT2D eigenvalue weighted by molar-refractivity contribution is -0.142. The Bertz CT molecular complexity index is 1030. The number of sulfonamides is 1. The molecular formula is C26H37N3O4S. The third kappa shape index (κ3) is 7.95. The zero-order valence-corrected chi connectivity index (χ0v) is 21.6. The predicted octanol–water partition coefficient (Wildman–Crippen LogP) is 3.81. The van der Waals surface area contributed by atoms with Crippen molar-refractivity contribution in [3.63, 3.8) is 0 Å². The highest BCUT2D eigenvalue weighted by Crippen LogP contribution is 2.17. The Morgan fingerprint density at radius 2 is 1.53 bits per heavy atom. The molecule has 2 rings (SSSR count). The van der Waals surface area contributed by atoms with Crippen LogP contribution >= 0.6 is 0 Å². The molecule has 0 radical (unpaired) electrons. The van der Waals surface area contributed by atoms with Gasteiger partial charge in [-0.2, -0.15) is 0 Å². The maximum absolute atomic E-state index is 13.3. The lowest BCUT2D eigenvalue weighted by Crippen LogP contribution is -2.53. The molecule has 0 spiro atoms. The summed E-state index contributed by atoms with van der Waals surface area (Å²) in [4.78, 5) is 28.1. The number of amides is 2. The van der Waals surface area contributed by atoms with Crippen molar-refractivity contribution in [2.24, 2.45) is 0 Å². The summed E-state index contributed by atoms with van der Waals surface area (Å²) in [6.45, 7) is 8.12. The first-order valence-corrected chi connectivity index (χ1v) is 13.1. The molecule has 7 nitrogen and oxygen atoms in total. The molecule has 0 aliphatic carbocycles. The van der Waals surface area contributed by atoms with Crippen molar-refractivity contribution < 1.29 is 18.0 Å². The Balaban J connectivity index is 2.12. The van der Waals surface area contributed by atoms with E-state index in [0.29, 0.717) is 19.4 Å². The van der Waals surface area contributed by atoms with Gasteiger partial charge in [-0.3, -0.25) is 9.59 Å². The van der Waals surface area contributed by atoms with Gasteiger partial charge in [-0.15, -0.1) is 0 Å². The quantitative estimate of drug-likeness (QED) is 0.522. The monoisotopic (exact) mass is 487 g/mol. The fourth-order valence-corrected chi connectivity index (χ4v) is 4.87. The molecule has 1 N–H and O–H groups in total. The molecule has 0 unspecified atom stereocenters. The Labute approximate surface area is 204 Å². The van der Waals surface area contributed by atoms with Crippen molar-refractivity contribution in [1.29, 1.82) is 0 Å². The van der Waals surface area contributed by atoms with Gasteiger partial charge in [-0.25, -0.2) is 12.7 Å². The van der Waals surface area contributed by atoms with Crippen LogP contribution in [0.5, 0.6) is 0 Å². The Morgan fingerprint density at radius 1 is 0.971 bits per heavy atom. The maximum atomic E-state index is 13.3. The van der Waals surface area contributed by atoms with Crippen LogP contribution in [-0.2, 0) is 26.2 Å². The topological polar surface area (TPSA) is 86.8 Å². The van der Waals surface area contributed by atoms with Crippen LogP contribution in [0, 0.1) is 0 Å². The number of hydrogen-bond donors (Lipinski definition) is 1. The van der Waals surface area contributed by atoms with Crippen molar-refractivity contribution in [3.8, 4) is 0 Å². The molecule has 186 valence electrons. The van der Waals surface area contributed by atoms with Gasteiger partial charge in [0.05, 0.1) is 4.90 Å². The molecule has 2 amide bonds. The zero-order valence-electron chi connectivity index (χ0n) is 20.8.